The Morgan fingerprint density at radius 2 is 0.484 bits per heavy atom. The first-order valence-corrected chi connectivity index (χ1v) is 22.3. The van der Waals surface area contributed by atoms with Gasteiger partial charge in [-0.15, -0.1) is 0 Å². The molecule has 0 rings (SSSR count). The normalized spacial score (nSPS) is 11.4. The van der Waals surface area contributed by atoms with Gasteiger partial charge in [-0.1, -0.05) is 0 Å². The number of hydrogen-bond donors (Lipinski definition) is 11. The van der Waals surface area contributed by atoms with E-state index in [9.17, 15) is 25.8 Å². The fraction of sp³-hybridized carbons (Fsp3) is 1.00. The van der Waals surface area contributed by atoms with E-state index in [4.69, 9.17) is 64.2 Å². The van der Waals surface area contributed by atoms with Crippen molar-refractivity contribution in [3.05, 3.63) is 0 Å². The molecule has 18 nitrogen and oxygen atoms in total. The van der Waals surface area contributed by atoms with Crippen molar-refractivity contribution in [3.63, 3.8) is 0 Å². The average molecular weight is 824 g/mol. The summed E-state index contributed by atoms with van der Waals surface area (Å²) in [4.78, 5) is 0. The van der Waals surface area contributed by atoms with Crippen LogP contribution in [-0.2, 0) is 28.8 Å². The Morgan fingerprint density at radius 1 is 0.484 bits per heavy atom. The molecule has 0 saturated carbocycles. The van der Waals surface area contributed by atoms with Crippen LogP contribution in [0.1, 0.15) is 0 Å². The average Bonchev–Trinajstić information content (AvgIpc) is 1.94. The molecule has 0 aromatic carbocycles. The summed E-state index contributed by atoms with van der Waals surface area (Å²) in [5.74, 6) is 0. The van der Waals surface area contributed by atoms with Gasteiger partial charge in [0, 0.05) is 0 Å². The molecule has 0 unspecified atom stereocenters. The number of halogens is 5. The molecule has 0 aliphatic heterocycles. The molecule has 0 radical (unpaired) electrons. The molecule has 0 aromatic heterocycles. The summed E-state index contributed by atoms with van der Waals surface area (Å²) in [5.41, 5.74) is 0. The molecule has 0 amide bonds. The monoisotopic (exact) mass is 824 g/mol. The number of hydrogen-bond acceptors (Lipinski definition) is 7. The SMILES string of the molecule is CS(=O)(=O)O.O=[As](O)(O)F.O=[As](O)(O)F.O=[As](O)(O)F.O=[As](O)(O)F.O=[As](O)(O)F.[LiH]. The van der Waals surface area contributed by atoms with Crippen LogP contribution in [0.5, 0.6) is 0 Å². The van der Waals surface area contributed by atoms with Gasteiger partial charge in [0.2, 0.25) is 0 Å². The van der Waals surface area contributed by atoms with Gasteiger partial charge in [-0.2, -0.15) is 8.42 Å². The summed E-state index contributed by atoms with van der Waals surface area (Å²) in [6, 6.07) is 0. The van der Waals surface area contributed by atoms with Gasteiger partial charge >= 0.3 is 169 Å². The maximum atomic E-state index is 10.4. The van der Waals surface area contributed by atoms with Crippen molar-refractivity contribution < 1.29 is 90.0 Å². The molecule has 0 aliphatic carbocycles. The van der Waals surface area contributed by atoms with Crippen LogP contribution in [0.25, 0.3) is 0 Å². The van der Waals surface area contributed by atoms with Crippen molar-refractivity contribution in [3.8, 4) is 0 Å². The molecule has 11 N–H and O–H groups in total. The van der Waals surface area contributed by atoms with E-state index in [0.29, 0.717) is 6.26 Å². The predicted molar refractivity (Wildman–Crippen MR) is 84.6 cm³/mol. The second-order valence-corrected chi connectivity index (χ2v) is 14.5. The first-order chi connectivity index (χ1) is 12.0. The summed E-state index contributed by atoms with van der Waals surface area (Å²) in [5, 5.41) is 0. The molecule has 0 heterocycles. The van der Waals surface area contributed by atoms with E-state index in [1.165, 1.54) is 0 Å². The van der Waals surface area contributed by atoms with Gasteiger partial charge in [-0.3, -0.25) is 4.55 Å². The summed E-state index contributed by atoms with van der Waals surface area (Å²) in [7, 11) is -3.67. The van der Waals surface area contributed by atoms with Gasteiger partial charge in [-0.05, 0) is 0 Å². The summed E-state index contributed by atoms with van der Waals surface area (Å²) < 4.78 is 192. The minimum atomic E-state index is -5.62. The van der Waals surface area contributed by atoms with Crippen LogP contribution >= 0.6 is 0 Å². The predicted octanol–water partition coefficient (Wildman–Crippen LogP) is -7.11. The van der Waals surface area contributed by atoms with Crippen LogP contribution in [0.3, 0.4) is 0 Å². The van der Waals surface area contributed by atoms with Gasteiger partial charge in [0.05, 0.1) is 6.26 Å². The first-order valence-electron chi connectivity index (χ1n) is 4.68. The molecule has 0 aliphatic rings. The van der Waals surface area contributed by atoms with Crippen LogP contribution in [0, 0.1) is 0 Å². The van der Waals surface area contributed by atoms with Crippen LogP contribution < -0.4 is 0 Å². The molecule has 31 heavy (non-hydrogen) atoms. The molecule has 30 heteroatoms. The fourth-order valence-corrected chi connectivity index (χ4v) is 0. The van der Waals surface area contributed by atoms with Crippen LogP contribution in [0.4, 0.5) is 17.3 Å². The Labute approximate surface area is 196 Å². The Kier molecular flexibility index (Phi) is 33.4. The van der Waals surface area contributed by atoms with Crippen LogP contribution in [0.2, 0.25) is 0 Å². The summed E-state index contributed by atoms with van der Waals surface area (Å²) in [6.07, 6.45) is 0.715. The van der Waals surface area contributed by atoms with Crippen molar-refractivity contribution in [2.75, 3.05) is 6.26 Å². The van der Waals surface area contributed by atoms with Crippen LogP contribution in [0.15, 0.2) is 0 Å². The van der Waals surface area contributed by atoms with Crippen LogP contribution in [-0.4, -0.2) is 152 Å². The van der Waals surface area contributed by atoms with Gasteiger partial charge in [-0.25, -0.2) is 0 Å². The molecular weight excluding hydrogens is 809 g/mol. The van der Waals surface area contributed by atoms with E-state index in [2.05, 4.69) is 0 Å². The third-order valence-corrected chi connectivity index (χ3v) is 0. The van der Waals surface area contributed by atoms with Crippen molar-refractivity contribution in [1.82, 2.24) is 0 Å². The standard InChI is InChI=1S/CH4O3S.5AsFH2O3.Li.H/c1-5(2,3)4;5*2-1(3,4)5;;/h1H3,(H,2,3,4);5*(H2,3,4,5);;. The molecule has 0 aromatic rings. The second kappa shape index (κ2) is 20.9. The molecule has 0 bridgehead atoms. The van der Waals surface area contributed by atoms with Crippen molar-refractivity contribution in [2.24, 2.45) is 0 Å². The van der Waals surface area contributed by atoms with Gasteiger partial charge in [0.1, 0.15) is 0 Å². The Balaban J connectivity index is -0.0000000443. The molecule has 0 atom stereocenters. The molecular formula is CH15As5F5LiO18S. The second-order valence-electron chi connectivity index (χ2n) is 3.10. The van der Waals surface area contributed by atoms with E-state index < -0.39 is 83.3 Å². The summed E-state index contributed by atoms with van der Waals surface area (Å²) >= 11 is -28.1. The van der Waals surface area contributed by atoms with E-state index in [-0.39, 0.29) is 18.9 Å². The summed E-state index contributed by atoms with van der Waals surface area (Å²) in [6.45, 7) is 0. The van der Waals surface area contributed by atoms with Crippen molar-refractivity contribution >= 4 is 102 Å². The zero-order valence-electron chi connectivity index (χ0n) is 13.3. The zero-order valence-corrected chi connectivity index (χ0v) is 23.5. The molecule has 0 spiro atoms. The minimum absolute atomic E-state index is 0. The third-order valence-electron chi connectivity index (χ3n) is 0. The third kappa shape index (κ3) is 11500. The van der Waals surface area contributed by atoms with E-state index in [1.54, 1.807) is 0 Å². The Morgan fingerprint density at radius 3 is 0.484 bits per heavy atom. The van der Waals surface area contributed by atoms with Gasteiger partial charge in [0.15, 0.2) is 0 Å². The van der Waals surface area contributed by atoms with Gasteiger partial charge in [0.25, 0.3) is 10.1 Å². The molecule has 0 saturated heterocycles. The quantitative estimate of drug-likeness (QED) is 0.0614. The first kappa shape index (κ1) is 49.6. The molecule has 0 fully saturated rings. The zero-order chi connectivity index (χ0) is 27.0. The topological polar surface area (TPSA) is 342 Å². The maximum absolute atomic E-state index is 10.4. The van der Waals surface area contributed by atoms with E-state index >= 15 is 0 Å². The molecule has 194 valence electrons. The Bertz CT molecular complexity index is 587. The number of rotatable bonds is 0. The fourth-order valence-electron chi connectivity index (χ4n) is 0. The van der Waals surface area contributed by atoms with Crippen molar-refractivity contribution in [1.29, 1.82) is 0 Å². The van der Waals surface area contributed by atoms with E-state index in [1.807, 2.05) is 0 Å². The van der Waals surface area contributed by atoms with Gasteiger partial charge < -0.3 is 0 Å². The van der Waals surface area contributed by atoms with E-state index in [0.717, 1.165) is 0 Å². The Hall–Kier alpha value is 1.55. The van der Waals surface area contributed by atoms with Crippen molar-refractivity contribution in [2.45, 2.75) is 0 Å².